The summed E-state index contributed by atoms with van der Waals surface area (Å²) < 4.78 is 0. The zero-order chi connectivity index (χ0) is 15.8. The topological polar surface area (TPSA) is 86.8 Å². The minimum absolute atomic E-state index is 0.120. The first kappa shape index (κ1) is 14.2. The smallest absolute Gasteiger partial charge is 0.271 e. The molecule has 7 heteroatoms. The number of carbonyl (C=O) groups is 1. The van der Waals surface area contributed by atoms with E-state index in [0.29, 0.717) is 18.2 Å². The summed E-state index contributed by atoms with van der Waals surface area (Å²) in [5.41, 5.74) is 3.84. The van der Waals surface area contributed by atoms with Crippen LogP contribution < -0.4 is 10.2 Å². The van der Waals surface area contributed by atoms with Crippen LogP contribution in [0.25, 0.3) is 0 Å². The predicted molar refractivity (Wildman–Crippen MR) is 85.4 cm³/mol. The molecule has 120 valence electrons. The van der Waals surface area contributed by atoms with Crippen molar-refractivity contribution in [2.24, 2.45) is 5.92 Å². The number of hydrogen-bond donors (Lipinski definition) is 2. The van der Waals surface area contributed by atoms with Gasteiger partial charge in [-0.05, 0) is 43.9 Å². The van der Waals surface area contributed by atoms with Crippen molar-refractivity contribution in [1.29, 1.82) is 0 Å². The molecule has 2 N–H and O–H groups in total. The fourth-order valence-electron chi connectivity index (χ4n) is 3.22. The number of amides is 1. The van der Waals surface area contributed by atoms with Crippen LogP contribution in [0.4, 0.5) is 5.82 Å². The molecule has 1 aliphatic heterocycles. The maximum Gasteiger partial charge on any atom is 0.271 e. The molecule has 0 bridgehead atoms. The van der Waals surface area contributed by atoms with E-state index >= 15 is 0 Å². The van der Waals surface area contributed by atoms with Crippen molar-refractivity contribution < 1.29 is 4.79 Å². The largest absolute Gasteiger partial charge is 0.354 e. The van der Waals surface area contributed by atoms with Gasteiger partial charge in [-0.15, -0.1) is 5.10 Å². The summed E-state index contributed by atoms with van der Waals surface area (Å²) in [4.78, 5) is 14.2. The van der Waals surface area contributed by atoms with Gasteiger partial charge in [0.05, 0.1) is 5.69 Å². The van der Waals surface area contributed by atoms with Crippen LogP contribution in [0.15, 0.2) is 12.1 Å². The SMILES string of the molecule is Cc1cc(C(=O)NCC2CN(c3cc4c(nn3)CCC4)C2)n[nH]1. The summed E-state index contributed by atoms with van der Waals surface area (Å²) in [6, 6.07) is 3.93. The molecule has 0 atom stereocenters. The fourth-order valence-corrected chi connectivity index (χ4v) is 3.22. The van der Waals surface area contributed by atoms with Crippen molar-refractivity contribution >= 4 is 11.7 Å². The Morgan fingerprint density at radius 2 is 2.22 bits per heavy atom. The number of nitrogens with zero attached hydrogens (tertiary/aromatic N) is 4. The molecule has 0 aromatic carbocycles. The van der Waals surface area contributed by atoms with Gasteiger partial charge in [-0.1, -0.05) is 0 Å². The fraction of sp³-hybridized carbons (Fsp3) is 0.500. The average molecular weight is 312 g/mol. The van der Waals surface area contributed by atoms with Crippen molar-refractivity contribution in [3.63, 3.8) is 0 Å². The first-order valence-corrected chi connectivity index (χ1v) is 8.09. The Hall–Kier alpha value is -2.44. The molecule has 7 nitrogen and oxygen atoms in total. The number of aryl methyl sites for hydroxylation is 3. The van der Waals surface area contributed by atoms with Crippen LogP contribution in [-0.4, -0.2) is 45.9 Å². The highest BCUT2D eigenvalue weighted by atomic mass is 16.1. The van der Waals surface area contributed by atoms with Gasteiger partial charge in [-0.2, -0.15) is 10.2 Å². The molecule has 4 rings (SSSR count). The second-order valence-electron chi connectivity index (χ2n) is 6.45. The Bertz CT molecular complexity index is 734. The predicted octanol–water partition coefficient (Wildman–Crippen LogP) is 0.863. The Labute approximate surface area is 134 Å². The molecule has 2 aromatic rings. The van der Waals surface area contributed by atoms with E-state index in [2.05, 4.69) is 36.7 Å². The lowest BCUT2D eigenvalue weighted by molar-refractivity contribution is 0.0939. The minimum Gasteiger partial charge on any atom is -0.354 e. The summed E-state index contributed by atoms with van der Waals surface area (Å²) in [5.74, 6) is 1.30. The number of aromatic amines is 1. The Morgan fingerprint density at radius 1 is 1.35 bits per heavy atom. The molecule has 0 spiro atoms. The van der Waals surface area contributed by atoms with Crippen LogP contribution in [0, 0.1) is 12.8 Å². The van der Waals surface area contributed by atoms with Crippen LogP contribution in [0.5, 0.6) is 0 Å². The van der Waals surface area contributed by atoms with E-state index in [4.69, 9.17) is 0 Å². The number of carbonyl (C=O) groups excluding carboxylic acids is 1. The molecule has 0 unspecified atom stereocenters. The summed E-state index contributed by atoms with van der Waals surface area (Å²) in [6.45, 7) is 4.37. The second kappa shape index (κ2) is 5.64. The number of aromatic nitrogens is 4. The number of rotatable bonds is 4. The molecular formula is C16H20N6O. The van der Waals surface area contributed by atoms with E-state index in [1.54, 1.807) is 6.07 Å². The number of nitrogens with one attached hydrogen (secondary N) is 2. The summed E-state index contributed by atoms with van der Waals surface area (Å²) in [7, 11) is 0. The van der Waals surface area contributed by atoms with Crippen molar-refractivity contribution in [2.75, 3.05) is 24.5 Å². The van der Waals surface area contributed by atoms with Gasteiger partial charge >= 0.3 is 0 Å². The number of anilines is 1. The van der Waals surface area contributed by atoms with Crippen LogP contribution in [-0.2, 0) is 12.8 Å². The monoisotopic (exact) mass is 312 g/mol. The van der Waals surface area contributed by atoms with Gasteiger partial charge in [0.25, 0.3) is 5.91 Å². The van der Waals surface area contributed by atoms with E-state index < -0.39 is 0 Å². The van der Waals surface area contributed by atoms with Gasteiger partial charge in [-0.25, -0.2) is 0 Å². The van der Waals surface area contributed by atoms with E-state index in [-0.39, 0.29) is 5.91 Å². The first-order chi connectivity index (χ1) is 11.2. The maximum atomic E-state index is 12.0. The zero-order valence-corrected chi connectivity index (χ0v) is 13.2. The van der Waals surface area contributed by atoms with Gasteiger partial charge in [0.2, 0.25) is 0 Å². The quantitative estimate of drug-likeness (QED) is 0.874. The van der Waals surface area contributed by atoms with Gasteiger partial charge in [-0.3, -0.25) is 9.89 Å². The molecule has 23 heavy (non-hydrogen) atoms. The lowest BCUT2D eigenvalue weighted by Gasteiger charge is -2.40. The highest BCUT2D eigenvalue weighted by Gasteiger charge is 2.29. The van der Waals surface area contributed by atoms with Crippen molar-refractivity contribution in [2.45, 2.75) is 26.2 Å². The Balaban J connectivity index is 1.28. The summed E-state index contributed by atoms with van der Waals surface area (Å²) >= 11 is 0. The first-order valence-electron chi connectivity index (χ1n) is 8.09. The molecule has 1 aliphatic carbocycles. The van der Waals surface area contributed by atoms with Gasteiger partial charge in [0, 0.05) is 31.2 Å². The normalized spacial score (nSPS) is 17.0. The van der Waals surface area contributed by atoms with E-state index in [9.17, 15) is 4.79 Å². The van der Waals surface area contributed by atoms with E-state index in [1.165, 1.54) is 12.0 Å². The lowest BCUT2D eigenvalue weighted by Crippen LogP contribution is -2.52. The van der Waals surface area contributed by atoms with Crippen LogP contribution in [0.3, 0.4) is 0 Å². The van der Waals surface area contributed by atoms with Crippen LogP contribution >= 0.6 is 0 Å². The highest BCUT2D eigenvalue weighted by molar-refractivity contribution is 5.92. The molecular weight excluding hydrogens is 292 g/mol. The molecule has 2 aliphatic rings. The van der Waals surface area contributed by atoms with Crippen molar-refractivity contribution in [3.05, 3.63) is 34.8 Å². The number of hydrogen-bond acceptors (Lipinski definition) is 5. The Morgan fingerprint density at radius 3 is 3.00 bits per heavy atom. The van der Waals surface area contributed by atoms with Gasteiger partial charge < -0.3 is 10.2 Å². The molecule has 0 radical (unpaired) electrons. The third-order valence-electron chi connectivity index (χ3n) is 4.58. The van der Waals surface area contributed by atoms with Gasteiger partial charge in [0.1, 0.15) is 5.69 Å². The lowest BCUT2D eigenvalue weighted by atomic mass is 10.00. The second-order valence-corrected chi connectivity index (χ2v) is 6.45. The third kappa shape index (κ3) is 2.78. The number of H-pyrrole nitrogens is 1. The molecule has 2 aromatic heterocycles. The Kier molecular flexibility index (Phi) is 3.48. The minimum atomic E-state index is -0.120. The third-order valence-corrected chi connectivity index (χ3v) is 4.58. The molecule has 1 fully saturated rings. The summed E-state index contributed by atoms with van der Waals surface area (Å²) in [6.07, 6.45) is 3.37. The van der Waals surface area contributed by atoms with E-state index in [0.717, 1.165) is 43.1 Å². The van der Waals surface area contributed by atoms with Crippen LogP contribution in [0.2, 0.25) is 0 Å². The zero-order valence-electron chi connectivity index (χ0n) is 13.2. The number of fused-ring (bicyclic) bond motifs is 1. The van der Waals surface area contributed by atoms with Crippen molar-refractivity contribution in [3.8, 4) is 0 Å². The molecule has 0 saturated carbocycles. The standard InChI is InChI=1S/C16H20N6O/c1-10-5-14(20-18-10)16(23)17-7-11-8-22(9-11)15-6-12-3-2-4-13(12)19-21-15/h5-6,11H,2-4,7-9H2,1H3,(H,17,23)(H,18,20). The molecule has 1 amide bonds. The molecule has 1 saturated heterocycles. The van der Waals surface area contributed by atoms with Crippen LogP contribution in [0.1, 0.15) is 33.9 Å². The molecule has 3 heterocycles. The maximum absolute atomic E-state index is 12.0. The van der Waals surface area contributed by atoms with Crippen molar-refractivity contribution in [1.82, 2.24) is 25.7 Å². The summed E-state index contributed by atoms with van der Waals surface area (Å²) in [5, 5.41) is 18.3. The highest BCUT2D eigenvalue weighted by Crippen LogP contribution is 2.26. The average Bonchev–Trinajstić information content (AvgIpc) is 3.13. The van der Waals surface area contributed by atoms with E-state index in [1.807, 2.05) is 6.92 Å². The van der Waals surface area contributed by atoms with Gasteiger partial charge in [0.15, 0.2) is 5.82 Å².